The van der Waals surface area contributed by atoms with Gasteiger partial charge in [-0.3, -0.25) is 4.79 Å². The monoisotopic (exact) mass is 297 g/mol. The van der Waals surface area contributed by atoms with Crippen molar-refractivity contribution in [1.82, 2.24) is 5.32 Å². The Hall–Kier alpha value is -0.870. The molecule has 2 atom stereocenters. The summed E-state index contributed by atoms with van der Waals surface area (Å²) in [6.07, 6.45) is 0. The van der Waals surface area contributed by atoms with Crippen LogP contribution in [0.3, 0.4) is 0 Å². The molecule has 0 aliphatic carbocycles. The van der Waals surface area contributed by atoms with E-state index >= 15 is 0 Å². The Balaban J connectivity index is 2.20. The summed E-state index contributed by atoms with van der Waals surface area (Å²) >= 11 is 3.54. The van der Waals surface area contributed by atoms with Crippen LogP contribution in [0.15, 0.2) is 28.7 Å². The number of hydrogen-bond donors (Lipinski definition) is 1. The van der Waals surface area contributed by atoms with Crippen molar-refractivity contribution in [3.63, 3.8) is 0 Å². The standard InChI is InChI=1S/C13H16BrNO2/c1-2-17-13(16)11-8-15-7-10(11)9-5-3-4-6-12(9)14/h3-6,10-11,15H,2,7-8H2,1H3/t10-,11+/m0/s1. The van der Waals surface area contributed by atoms with Crippen molar-refractivity contribution in [3.8, 4) is 0 Å². The van der Waals surface area contributed by atoms with E-state index in [0.29, 0.717) is 13.2 Å². The van der Waals surface area contributed by atoms with Crippen LogP contribution in [0.4, 0.5) is 0 Å². The molecule has 0 unspecified atom stereocenters. The predicted molar refractivity (Wildman–Crippen MR) is 69.9 cm³/mol. The highest BCUT2D eigenvalue weighted by molar-refractivity contribution is 9.10. The lowest BCUT2D eigenvalue weighted by molar-refractivity contribution is -0.147. The number of nitrogens with one attached hydrogen (secondary N) is 1. The molecule has 0 bridgehead atoms. The largest absolute Gasteiger partial charge is 0.466 e. The smallest absolute Gasteiger partial charge is 0.310 e. The minimum atomic E-state index is -0.0988. The fraction of sp³-hybridized carbons (Fsp3) is 0.462. The summed E-state index contributed by atoms with van der Waals surface area (Å²) < 4.78 is 6.18. The van der Waals surface area contributed by atoms with E-state index < -0.39 is 0 Å². The van der Waals surface area contributed by atoms with Crippen molar-refractivity contribution in [2.45, 2.75) is 12.8 Å². The molecule has 1 aromatic carbocycles. The number of halogens is 1. The Morgan fingerprint density at radius 2 is 2.24 bits per heavy atom. The highest BCUT2D eigenvalue weighted by atomic mass is 79.9. The molecular formula is C13H16BrNO2. The molecule has 1 fully saturated rings. The van der Waals surface area contributed by atoms with Crippen LogP contribution in [0.5, 0.6) is 0 Å². The van der Waals surface area contributed by atoms with E-state index in [1.807, 2.05) is 25.1 Å². The van der Waals surface area contributed by atoms with E-state index in [9.17, 15) is 4.79 Å². The van der Waals surface area contributed by atoms with Gasteiger partial charge in [-0.05, 0) is 18.6 Å². The molecule has 1 heterocycles. The zero-order valence-corrected chi connectivity index (χ0v) is 11.4. The summed E-state index contributed by atoms with van der Waals surface area (Å²) in [6, 6.07) is 8.06. The van der Waals surface area contributed by atoms with Crippen molar-refractivity contribution in [2.24, 2.45) is 5.92 Å². The maximum absolute atomic E-state index is 11.9. The van der Waals surface area contributed by atoms with E-state index in [1.54, 1.807) is 0 Å². The molecule has 0 radical (unpaired) electrons. The second kappa shape index (κ2) is 5.65. The molecule has 1 aliphatic heterocycles. The first-order chi connectivity index (χ1) is 8.24. The maximum atomic E-state index is 11.9. The molecule has 17 heavy (non-hydrogen) atoms. The average Bonchev–Trinajstić information content (AvgIpc) is 2.79. The summed E-state index contributed by atoms with van der Waals surface area (Å²) in [7, 11) is 0. The maximum Gasteiger partial charge on any atom is 0.310 e. The molecule has 1 saturated heterocycles. The predicted octanol–water partition coefficient (Wildman–Crippen LogP) is 2.32. The van der Waals surface area contributed by atoms with Crippen LogP contribution in [0.1, 0.15) is 18.4 Å². The van der Waals surface area contributed by atoms with Gasteiger partial charge in [0.2, 0.25) is 0 Å². The molecule has 0 spiro atoms. The van der Waals surface area contributed by atoms with Crippen LogP contribution < -0.4 is 5.32 Å². The van der Waals surface area contributed by atoms with Gasteiger partial charge in [0.1, 0.15) is 0 Å². The minimum Gasteiger partial charge on any atom is -0.466 e. The quantitative estimate of drug-likeness (QED) is 0.870. The van der Waals surface area contributed by atoms with E-state index in [2.05, 4.69) is 27.3 Å². The van der Waals surface area contributed by atoms with Crippen LogP contribution in [-0.2, 0) is 9.53 Å². The molecular weight excluding hydrogens is 282 g/mol. The van der Waals surface area contributed by atoms with E-state index in [1.165, 1.54) is 5.56 Å². The van der Waals surface area contributed by atoms with Crippen LogP contribution in [0, 0.1) is 5.92 Å². The van der Waals surface area contributed by atoms with Gasteiger partial charge >= 0.3 is 5.97 Å². The Bertz CT molecular complexity index is 408. The minimum absolute atomic E-state index is 0.0753. The second-order valence-electron chi connectivity index (χ2n) is 4.14. The Morgan fingerprint density at radius 3 is 2.94 bits per heavy atom. The second-order valence-corrected chi connectivity index (χ2v) is 5.00. The SMILES string of the molecule is CCOC(=O)[C@@H]1CNC[C@H]1c1ccccc1Br. The molecule has 0 amide bonds. The number of ether oxygens (including phenoxy) is 1. The van der Waals surface area contributed by atoms with E-state index in [0.717, 1.165) is 11.0 Å². The van der Waals surface area contributed by atoms with Gasteiger partial charge in [0.15, 0.2) is 0 Å². The first kappa shape index (κ1) is 12.6. The van der Waals surface area contributed by atoms with Gasteiger partial charge in [-0.25, -0.2) is 0 Å². The van der Waals surface area contributed by atoms with Crippen molar-refractivity contribution >= 4 is 21.9 Å². The molecule has 1 aromatic rings. The van der Waals surface area contributed by atoms with Crippen molar-refractivity contribution < 1.29 is 9.53 Å². The molecule has 92 valence electrons. The third kappa shape index (κ3) is 2.69. The summed E-state index contributed by atoms with van der Waals surface area (Å²) in [5.41, 5.74) is 1.18. The molecule has 2 rings (SSSR count). The van der Waals surface area contributed by atoms with Gasteiger partial charge in [-0.15, -0.1) is 0 Å². The van der Waals surface area contributed by atoms with Gasteiger partial charge in [0, 0.05) is 23.5 Å². The summed E-state index contributed by atoms with van der Waals surface area (Å²) in [6.45, 7) is 3.81. The summed E-state index contributed by atoms with van der Waals surface area (Å²) in [5.74, 6) is 0.0246. The normalized spacial score (nSPS) is 23.6. The molecule has 1 N–H and O–H groups in total. The molecule has 4 heteroatoms. The van der Waals surface area contributed by atoms with E-state index in [-0.39, 0.29) is 17.8 Å². The summed E-state index contributed by atoms with van der Waals surface area (Å²) in [5, 5.41) is 3.27. The number of esters is 1. The number of carbonyl (C=O) groups is 1. The lowest BCUT2D eigenvalue weighted by Crippen LogP contribution is -2.24. The Morgan fingerprint density at radius 1 is 1.47 bits per heavy atom. The van der Waals surface area contributed by atoms with Crippen LogP contribution in [0.25, 0.3) is 0 Å². The third-order valence-electron chi connectivity index (χ3n) is 3.11. The molecule has 0 saturated carbocycles. The first-order valence-electron chi connectivity index (χ1n) is 5.85. The Kier molecular flexibility index (Phi) is 4.18. The van der Waals surface area contributed by atoms with E-state index in [4.69, 9.17) is 4.74 Å². The zero-order chi connectivity index (χ0) is 12.3. The highest BCUT2D eigenvalue weighted by Gasteiger charge is 2.35. The van der Waals surface area contributed by atoms with Gasteiger partial charge < -0.3 is 10.1 Å². The molecule has 1 aliphatic rings. The lowest BCUT2D eigenvalue weighted by Gasteiger charge is -2.18. The number of carbonyl (C=O) groups excluding carboxylic acids is 1. The van der Waals surface area contributed by atoms with Crippen molar-refractivity contribution in [3.05, 3.63) is 34.3 Å². The van der Waals surface area contributed by atoms with Gasteiger partial charge in [0.25, 0.3) is 0 Å². The average molecular weight is 298 g/mol. The van der Waals surface area contributed by atoms with Crippen molar-refractivity contribution in [1.29, 1.82) is 0 Å². The fourth-order valence-electron chi connectivity index (χ4n) is 2.28. The Labute approximate surface area is 110 Å². The number of benzene rings is 1. The van der Waals surface area contributed by atoms with Gasteiger partial charge in [-0.2, -0.15) is 0 Å². The lowest BCUT2D eigenvalue weighted by atomic mass is 9.89. The van der Waals surface area contributed by atoms with Crippen LogP contribution >= 0.6 is 15.9 Å². The van der Waals surface area contributed by atoms with Crippen LogP contribution in [0.2, 0.25) is 0 Å². The fourth-order valence-corrected chi connectivity index (χ4v) is 2.86. The van der Waals surface area contributed by atoms with Crippen LogP contribution in [-0.4, -0.2) is 25.7 Å². The topological polar surface area (TPSA) is 38.3 Å². The van der Waals surface area contributed by atoms with Crippen molar-refractivity contribution in [2.75, 3.05) is 19.7 Å². The number of hydrogen-bond acceptors (Lipinski definition) is 3. The summed E-state index contributed by atoms with van der Waals surface area (Å²) in [4.78, 5) is 11.9. The van der Waals surface area contributed by atoms with Gasteiger partial charge in [-0.1, -0.05) is 34.1 Å². The number of rotatable bonds is 3. The molecule has 3 nitrogen and oxygen atoms in total. The van der Waals surface area contributed by atoms with Gasteiger partial charge in [0.05, 0.1) is 12.5 Å². The molecule has 0 aromatic heterocycles. The highest BCUT2D eigenvalue weighted by Crippen LogP contribution is 2.33. The third-order valence-corrected chi connectivity index (χ3v) is 3.83. The zero-order valence-electron chi connectivity index (χ0n) is 9.78. The first-order valence-corrected chi connectivity index (χ1v) is 6.65.